The average molecular weight is 317 g/mol. The SMILES string of the molecule is CNCCC(=O)NC(C)Cc1ccc(OC)c(OC)c1.Cl. The van der Waals surface area contributed by atoms with Crippen LogP contribution < -0.4 is 20.1 Å². The minimum absolute atomic E-state index is 0. The second kappa shape index (κ2) is 10.3. The third kappa shape index (κ3) is 6.69. The van der Waals surface area contributed by atoms with E-state index in [-0.39, 0.29) is 24.4 Å². The number of carbonyl (C=O) groups excluding carboxylic acids is 1. The Balaban J connectivity index is 0.00000400. The highest BCUT2D eigenvalue weighted by atomic mass is 35.5. The van der Waals surface area contributed by atoms with Crippen LogP contribution in [0.1, 0.15) is 18.9 Å². The van der Waals surface area contributed by atoms with Gasteiger partial charge < -0.3 is 20.1 Å². The van der Waals surface area contributed by atoms with Crippen molar-refractivity contribution in [3.05, 3.63) is 23.8 Å². The molecule has 5 nitrogen and oxygen atoms in total. The summed E-state index contributed by atoms with van der Waals surface area (Å²) in [4.78, 5) is 11.6. The van der Waals surface area contributed by atoms with Crippen molar-refractivity contribution in [3.8, 4) is 11.5 Å². The number of rotatable bonds is 8. The van der Waals surface area contributed by atoms with Crippen LogP contribution in [0.25, 0.3) is 0 Å². The molecule has 1 unspecified atom stereocenters. The van der Waals surface area contributed by atoms with Crippen molar-refractivity contribution in [2.24, 2.45) is 0 Å². The van der Waals surface area contributed by atoms with E-state index in [1.165, 1.54) is 0 Å². The second-order valence-electron chi connectivity index (χ2n) is 4.72. The lowest BCUT2D eigenvalue weighted by Gasteiger charge is -2.15. The normalized spacial score (nSPS) is 11.2. The Hall–Kier alpha value is -1.46. The van der Waals surface area contributed by atoms with Gasteiger partial charge >= 0.3 is 0 Å². The van der Waals surface area contributed by atoms with Gasteiger partial charge in [-0.15, -0.1) is 12.4 Å². The van der Waals surface area contributed by atoms with Crippen LogP contribution in [0.3, 0.4) is 0 Å². The lowest BCUT2D eigenvalue weighted by Crippen LogP contribution is -2.35. The van der Waals surface area contributed by atoms with Crippen molar-refractivity contribution in [2.45, 2.75) is 25.8 Å². The number of hydrogen-bond donors (Lipinski definition) is 2. The maximum absolute atomic E-state index is 11.6. The summed E-state index contributed by atoms with van der Waals surface area (Å²) in [5.41, 5.74) is 1.10. The fourth-order valence-electron chi connectivity index (χ4n) is 2.00. The number of benzene rings is 1. The smallest absolute Gasteiger partial charge is 0.221 e. The predicted molar refractivity (Wildman–Crippen MR) is 86.6 cm³/mol. The maximum Gasteiger partial charge on any atom is 0.221 e. The molecule has 0 fully saturated rings. The van der Waals surface area contributed by atoms with Crippen molar-refractivity contribution in [1.29, 1.82) is 0 Å². The number of nitrogens with one attached hydrogen (secondary N) is 2. The molecular weight excluding hydrogens is 292 g/mol. The molecule has 0 radical (unpaired) electrons. The molecule has 120 valence electrons. The molecule has 0 bridgehead atoms. The molecule has 1 atom stereocenters. The van der Waals surface area contributed by atoms with E-state index in [4.69, 9.17) is 9.47 Å². The molecule has 2 N–H and O–H groups in total. The first-order valence-electron chi connectivity index (χ1n) is 6.75. The van der Waals surface area contributed by atoms with Gasteiger partial charge in [0, 0.05) is 19.0 Å². The first-order chi connectivity index (χ1) is 9.60. The third-order valence-corrected chi connectivity index (χ3v) is 3.00. The van der Waals surface area contributed by atoms with Crippen LogP contribution in [0.2, 0.25) is 0 Å². The summed E-state index contributed by atoms with van der Waals surface area (Å²) in [6.07, 6.45) is 1.25. The maximum atomic E-state index is 11.6. The largest absolute Gasteiger partial charge is 0.493 e. The Kier molecular flexibility index (Phi) is 9.58. The Morgan fingerprint density at radius 1 is 1.24 bits per heavy atom. The van der Waals surface area contributed by atoms with E-state index >= 15 is 0 Å². The fourth-order valence-corrected chi connectivity index (χ4v) is 2.00. The standard InChI is InChI=1S/C15H24N2O3.ClH/c1-11(17-15(18)7-8-16-2)9-12-5-6-13(19-3)14(10-12)20-4;/h5-6,10-11,16H,7-9H2,1-4H3,(H,17,18);1H. The summed E-state index contributed by atoms with van der Waals surface area (Å²) in [5.74, 6) is 1.48. The van der Waals surface area contributed by atoms with Crippen LogP contribution in [0.5, 0.6) is 11.5 Å². The highest BCUT2D eigenvalue weighted by Gasteiger charge is 2.10. The van der Waals surface area contributed by atoms with Gasteiger partial charge in [0.2, 0.25) is 5.91 Å². The van der Waals surface area contributed by atoms with Crippen LogP contribution in [0, 0.1) is 0 Å². The molecule has 1 rings (SSSR count). The zero-order valence-electron chi connectivity index (χ0n) is 13.1. The van der Waals surface area contributed by atoms with Crippen LogP contribution >= 0.6 is 12.4 Å². The number of ether oxygens (including phenoxy) is 2. The van der Waals surface area contributed by atoms with Crippen molar-refractivity contribution < 1.29 is 14.3 Å². The molecule has 0 spiro atoms. The zero-order valence-corrected chi connectivity index (χ0v) is 13.9. The monoisotopic (exact) mass is 316 g/mol. The van der Waals surface area contributed by atoms with Crippen LogP contribution in [-0.2, 0) is 11.2 Å². The molecule has 1 aromatic carbocycles. The highest BCUT2D eigenvalue weighted by molar-refractivity contribution is 5.85. The fraction of sp³-hybridized carbons (Fsp3) is 0.533. The Morgan fingerprint density at radius 3 is 2.48 bits per heavy atom. The molecule has 21 heavy (non-hydrogen) atoms. The van der Waals surface area contributed by atoms with Crippen molar-refractivity contribution in [3.63, 3.8) is 0 Å². The van der Waals surface area contributed by atoms with E-state index < -0.39 is 0 Å². The molecule has 6 heteroatoms. The van der Waals surface area contributed by atoms with E-state index in [1.54, 1.807) is 14.2 Å². The van der Waals surface area contributed by atoms with E-state index in [2.05, 4.69) is 10.6 Å². The molecule has 0 aliphatic heterocycles. The lowest BCUT2D eigenvalue weighted by atomic mass is 10.1. The van der Waals surface area contributed by atoms with Crippen molar-refractivity contribution >= 4 is 18.3 Å². The molecule has 1 amide bonds. The lowest BCUT2D eigenvalue weighted by molar-refractivity contribution is -0.121. The number of halogens is 1. The zero-order chi connectivity index (χ0) is 15.0. The summed E-state index contributed by atoms with van der Waals surface area (Å²) in [5, 5.41) is 5.94. The van der Waals surface area contributed by atoms with E-state index in [0.717, 1.165) is 12.0 Å². The van der Waals surface area contributed by atoms with Gasteiger partial charge in [-0.25, -0.2) is 0 Å². The van der Waals surface area contributed by atoms with Gasteiger partial charge in [-0.1, -0.05) is 6.07 Å². The van der Waals surface area contributed by atoms with Crippen LogP contribution in [0.4, 0.5) is 0 Å². The van der Waals surface area contributed by atoms with Gasteiger partial charge in [0.05, 0.1) is 14.2 Å². The molecule has 0 aliphatic carbocycles. The Bertz CT molecular complexity index is 441. The number of amides is 1. The van der Waals surface area contributed by atoms with E-state index in [1.807, 2.05) is 32.2 Å². The molecule has 1 aromatic rings. The Labute approximate surface area is 132 Å². The van der Waals surface area contributed by atoms with Crippen molar-refractivity contribution in [2.75, 3.05) is 27.8 Å². The summed E-state index contributed by atoms with van der Waals surface area (Å²) < 4.78 is 10.5. The second-order valence-corrected chi connectivity index (χ2v) is 4.72. The summed E-state index contributed by atoms with van der Waals surface area (Å²) in [7, 11) is 5.06. The molecular formula is C15H25ClN2O3. The molecule has 0 aliphatic rings. The predicted octanol–water partition coefficient (Wildman–Crippen LogP) is 1.78. The topological polar surface area (TPSA) is 59.6 Å². The highest BCUT2D eigenvalue weighted by Crippen LogP contribution is 2.27. The van der Waals surface area contributed by atoms with Crippen molar-refractivity contribution in [1.82, 2.24) is 10.6 Å². The van der Waals surface area contributed by atoms with Gasteiger partial charge in [0.1, 0.15) is 0 Å². The van der Waals surface area contributed by atoms with Gasteiger partial charge in [-0.3, -0.25) is 4.79 Å². The third-order valence-electron chi connectivity index (χ3n) is 3.00. The number of hydrogen-bond acceptors (Lipinski definition) is 4. The number of carbonyl (C=O) groups is 1. The quantitative estimate of drug-likeness (QED) is 0.767. The molecule has 0 saturated heterocycles. The Morgan fingerprint density at radius 2 is 1.90 bits per heavy atom. The van der Waals surface area contributed by atoms with Gasteiger partial charge in [0.15, 0.2) is 11.5 Å². The summed E-state index contributed by atoms with van der Waals surface area (Å²) >= 11 is 0. The first kappa shape index (κ1) is 19.5. The van der Waals surface area contributed by atoms with Crippen LogP contribution in [0.15, 0.2) is 18.2 Å². The molecule has 0 aromatic heterocycles. The van der Waals surface area contributed by atoms with Gasteiger partial charge in [0.25, 0.3) is 0 Å². The minimum atomic E-state index is 0. The molecule has 0 heterocycles. The first-order valence-corrected chi connectivity index (χ1v) is 6.75. The molecule has 0 saturated carbocycles. The average Bonchev–Trinajstić information content (AvgIpc) is 2.44. The van der Waals surface area contributed by atoms with Crippen LogP contribution in [-0.4, -0.2) is 39.8 Å². The summed E-state index contributed by atoms with van der Waals surface area (Å²) in [6, 6.07) is 5.88. The van der Waals surface area contributed by atoms with Gasteiger partial charge in [-0.2, -0.15) is 0 Å². The van der Waals surface area contributed by atoms with E-state index in [0.29, 0.717) is 24.5 Å². The van der Waals surface area contributed by atoms with E-state index in [9.17, 15) is 4.79 Å². The minimum Gasteiger partial charge on any atom is -0.493 e. The number of methoxy groups -OCH3 is 2. The van der Waals surface area contributed by atoms with Gasteiger partial charge in [-0.05, 0) is 38.1 Å². The summed E-state index contributed by atoms with van der Waals surface area (Å²) in [6.45, 7) is 2.68.